The van der Waals surface area contributed by atoms with Crippen LogP contribution in [0.5, 0.6) is 0 Å². The fraction of sp³-hybridized carbons (Fsp3) is 0.474. The molecular formula is C19H21BrN4O. The third-order valence-electron chi connectivity index (χ3n) is 5.95. The zero-order chi connectivity index (χ0) is 17.7. The molecule has 0 spiro atoms. The number of piperidine rings is 1. The van der Waals surface area contributed by atoms with Crippen LogP contribution in [0.25, 0.3) is 10.9 Å². The van der Waals surface area contributed by atoms with Gasteiger partial charge in [-0.1, -0.05) is 12.1 Å². The zero-order valence-corrected chi connectivity index (χ0v) is 15.7. The van der Waals surface area contributed by atoms with Gasteiger partial charge >= 0.3 is 0 Å². The van der Waals surface area contributed by atoms with E-state index in [1.165, 1.54) is 22.0 Å². The molecule has 4 rings (SSSR count). The van der Waals surface area contributed by atoms with Crippen molar-refractivity contribution in [3.63, 3.8) is 0 Å². The molecule has 2 unspecified atom stereocenters. The number of benzene rings is 1. The molecule has 0 saturated carbocycles. The van der Waals surface area contributed by atoms with Gasteiger partial charge in [-0.3, -0.25) is 4.79 Å². The molecule has 130 valence electrons. The number of nitriles is 1. The number of likely N-dealkylation sites (tertiary alicyclic amines) is 1. The molecule has 5 nitrogen and oxygen atoms in total. The first kappa shape index (κ1) is 16.6. The third kappa shape index (κ3) is 2.66. The molecule has 1 saturated heterocycles. The van der Waals surface area contributed by atoms with Gasteiger partial charge in [0.05, 0.1) is 10.7 Å². The standard InChI is InChI=1S/C19H21BrN4O/c1-24-9-10(5-11(8-21)19(22)25)6-13-12-3-2-4-15-17(12)14(7-16(13)24)18(20)23-15/h2-4,10-11,13,16,23H,5-7,9H2,1H3,(H2,22,25)/t10-,11?,13?,16-/m1/s1. The second-order valence-electron chi connectivity index (χ2n) is 7.43. The van der Waals surface area contributed by atoms with Crippen molar-refractivity contribution in [1.29, 1.82) is 5.26 Å². The lowest BCUT2D eigenvalue weighted by Crippen LogP contribution is -2.48. The Balaban J connectivity index is 1.69. The molecule has 1 aromatic carbocycles. The number of primary amides is 1. The normalized spacial score (nSPS) is 26.8. The van der Waals surface area contributed by atoms with E-state index in [9.17, 15) is 10.1 Å². The van der Waals surface area contributed by atoms with Gasteiger partial charge in [0.15, 0.2) is 0 Å². The van der Waals surface area contributed by atoms with Crippen LogP contribution >= 0.6 is 15.9 Å². The number of amides is 1. The van der Waals surface area contributed by atoms with Gasteiger partial charge in [0, 0.05) is 29.4 Å². The number of nitrogens with one attached hydrogen (secondary N) is 1. The Kier molecular flexibility index (Phi) is 4.09. The summed E-state index contributed by atoms with van der Waals surface area (Å²) in [5.74, 6) is -0.460. The van der Waals surface area contributed by atoms with Crippen molar-refractivity contribution in [2.45, 2.75) is 31.2 Å². The van der Waals surface area contributed by atoms with Gasteiger partial charge in [-0.2, -0.15) is 5.26 Å². The number of halogens is 1. The molecule has 25 heavy (non-hydrogen) atoms. The van der Waals surface area contributed by atoms with Gasteiger partial charge in [0.1, 0.15) is 5.92 Å². The summed E-state index contributed by atoms with van der Waals surface area (Å²) in [5, 5.41) is 10.6. The second kappa shape index (κ2) is 6.15. The quantitative estimate of drug-likeness (QED) is 0.829. The molecular weight excluding hydrogens is 380 g/mol. The molecule has 1 fully saturated rings. The van der Waals surface area contributed by atoms with Gasteiger partial charge in [0.25, 0.3) is 0 Å². The number of hydrogen-bond donors (Lipinski definition) is 2. The van der Waals surface area contributed by atoms with Gasteiger partial charge in [0.2, 0.25) is 5.91 Å². The van der Waals surface area contributed by atoms with Crippen LogP contribution in [0.4, 0.5) is 0 Å². The molecule has 2 heterocycles. The molecule has 2 aromatic rings. The topological polar surface area (TPSA) is 85.9 Å². The molecule has 1 amide bonds. The van der Waals surface area contributed by atoms with E-state index in [-0.39, 0.29) is 0 Å². The summed E-state index contributed by atoms with van der Waals surface area (Å²) in [7, 11) is 2.15. The molecule has 6 heteroatoms. The number of carbonyl (C=O) groups is 1. The fourth-order valence-electron chi connectivity index (χ4n) is 4.83. The summed E-state index contributed by atoms with van der Waals surface area (Å²) in [6.45, 7) is 0.903. The summed E-state index contributed by atoms with van der Waals surface area (Å²) >= 11 is 3.68. The Bertz CT molecular complexity index is 883. The molecule has 1 aromatic heterocycles. The largest absolute Gasteiger partial charge is 0.369 e. The van der Waals surface area contributed by atoms with Crippen LogP contribution in [-0.4, -0.2) is 35.4 Å². The van der Waals surface area contributed by atoms with Crippen molar-refractivity contribution in [3.05, 3.63) is 33.9 Å². The summed E-state index contributed by atoms with van der Waals surface area (Å²) in [4.78, 5) is 17.3. The Hall–Kier alpha value is -1.84. The Morgan fingerprint density at radius 2 is 2.36 bits per heavy atom. The predicted octanol–water partition coefficient (Wildman–Crippen LogP) is 2.91. The minimum absolute atomic E-state index is 0.308. The Morgan fingerprint density at radius 3 is 3.08 bits per heavy atom. The highest BCUT2D eigenvalue weighted by Gasteiger charge is 2.40. The number of aromatic amines is 1. The number of likely N-dealkylation sites (N-methyl/N-ethyl adjacent to an activating group) is 1. The summed E-state index contributed by atoms with van der Waals surface area (Å²) in [5.41, 5.74) is 9.30. The lowest BCUT2D eigenvalue weighted by atomic mass is 9.71. The molecule has 3 N–H and O–H groups in total. The first-order valence-corrected chi connectivity index (χ1v) is 9.47. The average Bonchev–Trinajstić information content (AvgIpc) is 2.90. The van der Waals surface area contributed by atoms with E-state index in [1.54, 1.807) is 0 Å². The van der Waals surface area contributed by atoms with Crippen LogP contribution in [0, 0.1) is 23.2 Å². The van der Waals surface area contributed by atoms with Gasteiger partial charge in [-0.25, -0.2) is 0 Å². The number of carbonyl (C=O) groups excluding carboxylic acids is 1. The van der Waals surface area contributed by atoms with Crippen LogP contribution in [0.3, 0.4) is 0 Å². The predicted molar refractivity (Wildman–Crippen MR) is 99.9 cm³/mol. The van der Waals surface area contributed by atoms with E-state index in [0.29, 0.717) is 24.3 Å². The summed E-state index contributed by atoms with van der Waals surface area (Å²) in [6, 6.07) is 8.99. The number of H-pyrrole nitrogens is 1. The van der Waals surface area contributed by atoms with E-state index >= 15 is 0 Å². The zero-order valence-electron chi connectivity index (χ0n) is 14.1. The highest BCUT2D eigenvalue weighted by molar-refractivity contribution is 9.10. The molecule has 0 bridgehead atoms. The number of rotatable bonds is 3. The summed E-state index contributed by atoms with van der Waals surface area (Å²) in [6.07, 6.45) is 2.57. The SMILES string of the molecule is CN1C[C@H](CC(C#N)C(N)=O)CC2c3cccc4[nH]c(Br)c(c34)C[C@H]21. The van der Waals surface area contributed by atoms with E-state index in [0.717, 1.165) is 24.0 Å². The van der Waals surface area contributed by atoms with Crippen LogP contribution in [0.15, 0.2) is 22.8 Å². The van der Waals surface area contributed by atoms with Crippen LogP contribution < -0.4 is 5.73 Å². The molecule has 1 aliphatic carbocycles. The monoisotopic (exact) mass is 400 g/mol. The maximum absolute atomic E-state index is 11.5. The molecule has 1 aliphatic heterocycles. The van der Waals surface area contributed by atoms with Gasteiger partial charge < -0.3 is 15.6 Å². The van der Waals surface area contributed by atoms with Crippen LogP contribution in [0.1, 0.15) is 29.9 Å². The van der Waals surface area contributed by atoms with Crippen molar-refractivity contribution >= 4 is 32.7 Å². The Labute approximate surface area is 155 Å². The first-order valence-electron chi connectivity index (χ1n) is 8.67. The molecule has 4 atom stereocenters. The van der Waals surface area contributed by atoms with Crippen molar-refractivity contribution in [3.8, 4) is 6.07 Å². The van der Waals surface area contributed by atoms with Crippen LogP contribution in [-0.2, 0) is 11.2 Å². The Morgan fingerprint density at radius 1 is 1.56 bits per heavy atom. The van der Waals surface area contributed by atoms with E-state index in [4.69, 9.17) is 5.73 Å². The van der Waals surface area contributed by atoms with E-state index < -0.39 is 11.8 Å². The first-order chi connectivity index (χ1) is 12.0. The minimum Gasteiger partial charge on any atom is -0.369 e. The lowest BCUT2D eigenvalue weighted by molar-refractivity contribution is -0.120. The molecule has 2 aliphatic rings. The van der Waals surface area contributed by atoms with E-state index in [2.05, 4.69) is 57.1 Å². The number of nitrogens with zero attached hydrogens (tertiary/aromatic N) is 2. The lowest BCUT2D eigenvalue weighted by Gasteiger charge is -2.46. The van der Waals surface area contributed by atoms with Crippen molar-refractivity contribution in [2.75, 3.05) is 13.6 Å². The van der Waals surface area contributed by atoms with Crippen LogP contribution in [0.2, 0.25) is 0 Å². The van der Waals surface area contributed by atoms with E-state index in [1.807, 2.05) is 0 Å². The van der Waals surface area contributed by atoms with Gasteiger partial charge in [-0.05, 0) is 65.4 Å². The van der Waals surface area contributed by atoms with Gasteiger partial charge in [-0.15, -0.1) is 0 Å². The van der Waals surface area contributed by atoms with Crippen molar-refractivity contribution in [2.24, 2.45) is 17.6 Å². The van der Waals surface area contributed by atoms with Crippen molar-refractivity contribution in [1.82, 2.24) is 9.88 Å². The number of aromatic nitrogens is 1. The van der Waals surface area contributed by atoms with Crippen molar-refractivity contribution < 1.29 is 4.79 Å². The maximum atomic E-state index is 11.5. The second-order valence-corrected chi connectivity index (χ2v) is 8.22. The summed E-state index contributed by atoms with van der Waals surface area (Å²) < 4.78 is 1.09. The maximum Gasteiger partial charge on any atom is 0.234 e. The number of fused-ring (bicyclic) bond motifs is 2. The smallest absolute Gasteiger partial charge is 0.234 e. The average molecular weight is 401 g/mol. The third-order valence-corrected chi connectivity index (χ3v) is 6.63. The molecule has 0 radical (unpaired) electrons. The highest BCUT2D eigenvalue weighted by atomic mass is 79.9. The number of nitrogens with two attached hydrogens (primary N) is 1. The minimum atomic E-state index is -0.689. The highest BCUT2D eigenvalue weighted by Crippen LogP contribution is 2.47. The fourth-order valence-corrected chi connectivity index (χ4v) is 5.41. The number of hydrogen-bond acceptors (Lipinski definition) is 3.